The third-order valence-corrected chi connectivity index (χ3v) is 3.81. The average Bonchev–Trinajstić information content (AvgIpc) is 2.69. The van der Waals surface area contributed by atoms with Crippen molar-refractivity contribution in [3.63, 3.8) is 0 Å². The smallest absolute Gasteiger partial charge is 0.276 e. The van der Waals surface area contributed by atoms with Crippen LogP contribution in [0.3, 0.4) is 0 Å². The Labute approximate surface area is 147 Å². The molecule has 126 valence electrons. The van der Waals surface area contributed by atoms with Gasteiger partial charge in [-0.25, -0.2) is 0 Å². The molecule has 5 heteroatoms. The molecule has 1 aromatic carbocycles. The number of anilines is 2. The monoisotopic (exact) mass is 332 g/mol. The molecule has 0 aliphatic rings. The molecule has 0 radical (unpaired) electrons. The lowest BCUT2D eigenvalue weighted by Crippen LogP contribution is -2.31. The molecule has 0 saturated carbocycles. The van der Waals surface area contributed by atoms with Gasteiger partial charge >= 0.3 is 0 Å². The quantitative estimate of drug-likeness (QED) is 0.747. The van der Waals surface area contributed by atoms with Crippen LogP contribution in [0.1, 0.15) is 23.1 Å². The number of nitrogens with one attached hydrogen (secondary N) is 1. The second-order valence-electron chi connectivity index (χ2n) is 5.49. The van der Waals surface area contributed by atoms with E-state index in [1.54, 1.807) is 23.4 Å². The van der Waals surface area contributed by atoms with Crippen LogP contribution < -0.4 is 10.2 Å². The Hall–Kier alpha value is -3.21. The van der Waals surface area contributed by atoms with Gasteiger partial charge in [0.2, 0.25) is 0 Å². The normalized spacial score (nSPS) is 10.3. The summed E-state index contributed by atoms with van der Waals surface area (Å²) in [6.45, 7) is 3.12. The van der Waals surface area contributed by atoms with E-state index in [1.165, 1.54) is 0 Å². The minimum absolute atomic E-state index is 0.116. The lowest BCUT2D eigenvalue weighted by atomic mass is 10.2. The molecule has 3 aromatic rings. The van der Waals surface area contributed by atoms with Gasteiger partial charge in [-0.2, -0.15) is 0 Å². The molecule has 0 fully saturated rings. The Morgan fingerprint density at radius 2 is 1.80 bits per heavy atom. The van der Waals surface area contributed by atoms with E-state index in [0.717, 1.165) is 17.1 Å². The summed E-state index contributed by atoms with van der Waals surface area (Å²) >= 11 is 0. The fraction of sp³-hybridized carbons (Fsp3) is 0.150. The van der Waals surface area contributed by atoms with Crippen molar-refractivity contribution in [3.8, 4) is 0 Å². The highest BCUT2D eigenvalue weighted by Crippen LogP contribution is 2.17. The van der Waals surface area contributed by atoms with Crippen molar-refractivity contribution in [1.82, 2.24) is 9.97 Å². The number of pyridine rings is 2. The summed E-state index contributed by atoms with van der Waals surface area (Å²) in [5, 5.41) is 3.28. The van der Waals surface area contributed by atoms with Gasteiger partial charge < -0.3 is 10.2 Å². The first-order chi connectivity index (χ1) is 12.3. The van der Waals surface area contributed by atoms with Crippen LogP contribution in [0.5, 0.6) is 0 Å². The number of carbonyl (C=O) groups is 1. The van der Waals surface area contributed by atoms with E-state index < -0.39 is 0 Å². The number of amides is 1. The number of aromatic nitrogens is 2. The number of carbonyl (C=O) groups excluding carboxylic acids is 1. The van der Waals surface area contributed by atoms with Crippen LogP contribution in [0.25, 0.3) is 0 Å². The predicted molar refractivity (Wildman–Crippen MR) is 99.6 cm³/mol. The molecule has 2 heterocycles. The lowest BCUT2D eigenvalue weighted by Gasteiger charge is -2.20. The second-order valence-corrected chi connectivity index (χ2v) is 5.49. The number of benzene rings is 1. The number of para-hydroxylation sites is 1. The zero-order valence-electron chi connectivity index (χ0n) is 14.1. The Bertz CT molecular complexity index is 821. The van der Waals surface area contributed by atoms with Crippen molar-refractivity contribution in [2.24, 2.45) is 0 Å². The van der Waals surface area contributed by atoms with E-state index in [1.807, 2.05) is 61.5 Å². The van der Waals surface area contributed by atoms with E-state index in [2.05, 4.69) is 15.3 Å². The van der Waals surface area contributed by atoms with Gasteiger partial charge in [0.15, 0.2) is 0 Å². The van der Waals surface area contributed by atoms with Crippen molar-refractivity contribution < 1.29 is 4.79 Å². The highest BCUT2D eigenvalue weighted by molar-refractivity contribution is 6.05. The summed E-state index contributed by atoms with van der Waals surface area (Å²) in [6.07, 6.45) is 3.41. The molecule has 0 spiro atoms. The van der Waals surface area contributed by atoms with Crippen LogP contribution in [-0.4, -0.2) is 22.4 Å². The molecule has 2 aromatic heterocycles. The lowest BCUT2D eigenvalue weighted by molar-refractivity contribution is 0.0983. The highest BCUT2D eigenvalue weighted by Gasteiger charge is 2.17. The molecule has 3 rings (SSSR count). The Balaban J connectivity index is 1.75. The molecule has 5 nitrogen and oxygen atoms in total. The fourth-order valence-corrected chi connectivity index (χ4v) is 2.54. The van der Waals surface area contributed by atoms with E-state index in [9.17, 15) is 4.79 Å². The maximum Gasteiger partial charge on any atom is 0.276 e. The number of rotatable bonds is 6. The van der Waals surface area contributed by atoms with Crippen molar-refractivity contribution >= 4 is 17.3 Å². The maximum absolute atomic E-state index is 12.8. The first-order valence-electron chi connectivity index (χ1n) is 8.24. The van der Waals surface area contributed by atoms with Crippen LogP contribution in [-0.2, 0) is 6.54 Å². The SMILES string of the molecule is CCN(C(=O)c1cc(NCc2ccccn2)ccn1)c1ccccc1. The molecular weight excluding hydrogens is 312 g/mol. The van der Waals surface area contributed by atoms with Crippen molar-refractivity contribution in [3.05, 3.63) is 84.4 Å². The first-order valence-corrected chi connectivity index (χ1v) is 8.24. The summed E-state index contributed by atoms with van der Waals surface area (Å²) in [5.41, 5.74) is 3.06. The Kier molecular flexibility index (Phi) is 5.36. The highest BCUT2D eigenvalue weighted by atomic mass is 16.2. The van der Waals surface area contributed by atoms with Gasteiger partial charge in [-0.1, -0.05) is 24.3 Å². The maximum atomic E-state index is 12.8. The minimum atomic E-state index is -0.116. The van der Waals surface area contributed by atoms with Crippen LogP contribution >= 0.6 is 0 Å². The average molecular weight is 332 g/mol. The fourth-order valence-electron chi connectivity index (χ4n) is 2.54. The van der Waals surface area contributed by atoms with E-state index >= 15 is 0 Å². The third-order valence-electron chi connectivity index (χ3n) is 3.81. The minimum Gasteiger partial charge on any atom is -0.379 e. The number of nitrogens with zero attached hydrogens (tertiary/aromatic N) is 3. The van der Waals surface area contributed by atoms with Gasteiger partial charge in [0.05, 0.1) is 12.2 Å². The molecule has 0 atom stereocenters. The number of hydrogen-bond acceptors (Lipinski definition) is 4. The van der Waals surface area contributed by atoms with Gasteiger partial charge in [0.1, 0.15) is 5.69 Å². The molecule has 1 N–H and O–H groups in total. The largest absolute Gasteiger partial charge is 0.379 e. The topological polar surface area (TPSA) is 58.1 Å². The number of hydrogen-bond donors (Lipinski definition) is 1. The molecule has 0 unspecified atom stereocenters. The van der Waals surface area contributed by atoms with E-state index in [4.69, 9.17) is 0 Å². The Morgan fingerprint density at radius 3 is 2.52 bits per heavy atom. The van der Waals surface area contributed by atoms with Crippen LogP contribution in [0.2, 0.25) is 0 Å². The van der Waals surface area contributed by atoms with E-state index in [-0.39, 0.29) is 5.91 Å². The molecule has 0 bridgehead atoms. The van der Waals surface area contributed by atoms with Gasteiger partial charge in [-0.3, -0.25) is 14.8 Å². The van der Waals surface area contributed by atoms with Gasteiger partial charge in [0.25, 0.3) is 5.91 Å². The Morgan fingerprint density at radius 1 is 1.00 bits per heavy atom. The molecule has 1 amide bonds. The molecule has 25 heavy (non-hydrogen) atoms. The molecule has 0 aliphatic carbocycles. The van der Waals surface area contributed by atoms with Crippen molar-refractivity contribution in [2.75, 3.05) is 16.8 Å². The molecular formula is C20H20N4O. The third kappa shape index (κ3) is 4.20. The second kappa shape index (κ2) is 8.06. The van der Waals surface area contributed by atoms with Crippen molar-refractivity contribution in [1.29, 1.82) is 0 Å². The summed E-state index contributed by atoms with van der Waals surface area (Å²) in [5.74, 6) is -0.116. The first kappa shape index (κ1) is 16.6. The van der Waals surface area contributed by atoms with Crippen molar-refractivity contribution in [2.45, 2.75) is 13.5 Å². The molecule has 0 saturated heterocycles. The zero-order chi connectivity index (χ0) is 17.5. The van der Waals surface area contributed by atoms with Gasteiger partial charge in [0, 0.05) is 30.3 Å². The summed E-state index contributed by atoms with van der Waals surface area (Å²) in [7, 11) is 0. The molecule has 0 aliphatic heterocycles. The van der Waals surface area contributed by atoms with Gasteiger partial charge in [-0.15, -0.1) is 0 Å². The van der Waals surface area contributed by atoms with Crippen LogP contribution in [0, 0.1) is 0 Å². The summed E-state index contributed by atoms with van der Waals surface area (Å²) in [4.78, 5) is 23.1. The van der Waals surface area contributed by atoms with Gasteiger partial charge in [-0.05, 0) is 43.3 Å². The van der Waals surface area contributed by atoms with Crippen LogP contribution in [0.15, 0.2) is 73.1 Å². The predicted octanol–water partition coefficient (Wildman–Crippen LogP) is 3.76. The zero-order valence-corrected chi connectivity index (χ0v) is 14.1. The summed E-state index contributed by atoms with van der Waals surface area (Å²) in [6, 6.07) is 19.0. The standard InChI is InChI=1S/C20H20N4O/c1-2-24(18-9-4-3-5-10-18)20(25)19-14-16(11-13-22-19)23-15-17-8-6-7-12-21-17/h3-14H,2,15H2,1H3,(H,22,23). The summed E-state index contributed by atoms with van der Waals surface area (Å²) < 4.78 is 0. The van der Waals surface area contributed by atoms with E-state index in [0.29, 0.717) is 18.8 Å². The van der Waals surface area contributed by atoms with Crippen LogP contribution in [0.4, 0.5) is 11.4 Å².